The van der Waals surface area contributed by atoms with Gasteiger partial charge in [0.1, 0.15) is 6.04 Å². The quantitative estimate of drug-likeness (QED) is 0.908. The predicted molar refractivity (Wildman–Crippen MR) is 79.9 cm³/mol. The fourth-order valence-electron chi connectivity index (χ4n) is 2.71. The Morgan fingerprint density at radius 2 is 2.19 bits per heavy atom. The van der Waals surface area contributed by atoms with E-state index in [1.54, 1.807) is 16.2 Å². The van der Waals surface area contributed by atoms with Crippen LogP contribution in [0.3, 0.4) is 0 Å². The van der Waals surface area contributed by atoms with E-state index in [0.717, 1.165) is 10.7 Å². The maximum atomic E-state index is 12.2. The van der Waals surface area contributed by atoms with Crippen molar-refractivity contribution < 1.29 is 9.59 Å². The topological polar surface area (TPSA) is 66.7 Å². The number of rotatable bonds is 2. The summed E-state index contributed by atoms with van der Waals surface area (Å²) in [6.45, 7) is 6.33. The van der Waals surface area contributed by atoms with Crippen LogP contribution in [0, 0.1) is 5.41 Å². The molecule has 1 fully saturated rings. The maximum Gasteiger partial charge on any atom is 0.243 e. The van der Waals surface area contributed by atoms with Crippen LogP contribution in [-0.4, -0.2) is 38.7 Å². The van der Waals surface area contributed by atoms with Crippen LogP contribution in [0.25, 0.3) is 4.96 Å². The smallest absolute Gasteiger partial charge is 0.243 e. The molecule has 0 radical (unpaired) electrons. The monoisotopic (exact) mass is 306 g/mol. The number of hydrogen-bond donors (Lipinski definition) is 1. The van der Waals surface area contributed by atoms with Gasteiger partial charge in [0, 0.05) is 17.8 Å². The molecular weight excluding hydrogens is 288 g/mol. The van der Waals surface area contributed by atoms with Crippen LogP contribution in [0.15, 0.2) is 17.8 Å². The van der Waals surface area contributed by atoms with Crippen LogP contribution >= 0.6 is 11.3 Å². The van der Waals surface area contributed by atoms with Crippen molar-refractivity contribution in [3.63, 3.8) is 0 Å². The molecule has 21 heavy (non-hydrogen) atoms. The van der Waals surface area contributed by atoms with Gasteiger partial charge in [-0.25, -0.2) is 4.98 Å². The summed E-state index contributed by atoms with van der Waals surface area (Å²) in [5.74, 6) is -0.158. The number of piperazine rings is 1. The van der Waals surface area contributed by atoms with Gasteiger partial charge in [0.15, 0.2) is 4.96 Å². The van der Waals surface area contributed by atoms with Gasteiger partial charge >= 0.3 is 0 Å². The van der Waals surface area contributed by atoms with E-state index in [1.165, 1.54) is 0 Å². The molecule has 112 valence electrons. The third kappa shape index (κ3) is 2.53. The van der Waals surface area contributed by atoms with Crippen LogP contribution in [0.4, 0.5) is 0 Å². The number of fused-ring (bicyclic) bond motifs is 1. The second-order valence-electron chi connectivity index (χ2n) is 6.33. The third-order valence-electron chi connectivity index (χ3n) is 3.59. The Balaban J connectivity index is 1.90. The number of nitrogens with one attached hydrogen (secondary N) is 1. The first-order valence-corrected chi connectivity index (χ1v) is 7.72. The maximum absolute atomic E-state index is 12.2. The summed E-state index contributed by atoms with van der Waals surface area (Å²) in [4.78, 5) is 31.5. The van der Waals surface area contributed by atoms with E-state index in [1.807, 2.05) is 42.9 Å². The van der Waals surface area contributed by atoms with Crippen LogP contribution < -0.4 is 5.32 Å². The molecule has 1 saturated heterocycles. The van der Waals surface area contributed by atoms with E-state index >= 15 is 0 Å². The number of amides is 2. The number of carbonyl (C=O) groups is 2. The third-order valence-corrected chi connectivity index (χ3v) is 4.36. The average molecular weight is 306 g/mol. The van der Waals surface area contributed by atoms with Gasteiger partial charge in [-0.15, -0.1) is 11.3 Å². The Kier molecular flexibility index (Phi) is 3.24. The van der Waals surface area contributed by atoms with Crippen molar-refractivity contribution in [1.29, 1.82) is 0 Å². The Morgan fingerprint density at radius 3 is 2.86 bits per heavy atom. The number of imidazole rings is 1. The van der Waals surface area contributed by atoms with Crippen LogP contribution in [-0.2, 0) is 16.1 Å². The Labute approximate surface area is 126 Å². The summed E-state index contributed by atoms with van der Waals surface area (Å²) in [5, 5.41) is 4.63. The van der Waals surface area contributed by atoms with E-state index < -0.39 is 6.04 Å². The molecule has 1 aliphatic rings. The van der Waals surface area contributed by atoms with Crippen molar-refractivity contribution in [3.05, 3.63) is 23.5 Å². The van der Waals surface area contributed by atoms with E-state index in [0.29, 0.717) is 6.54 Å². The molecular formula is C14H18N4O2S. The zero-order valence-corrected chi connectivity index (χ0v) is 13.1. The molecule has 0 aromatic carbocycles. The second-order valence-corrected chi connectivity index (χ2v) is 7.21. The van der Waals surface area contributed by atoms with Crippen LogP contribution in [0.5, 0.6) is 0 Å². The molecule has 2 aromatic heterocycles. The van der Waals surface area contributed by atoms with Crippen molar-refractivity contribution >= 4 is 28.1 Å². The number of nitrogens with zero attached hydrogens (tertiary/aromatic N) is 3. The van der Waals surface area contributed by atoms with Gasteiger partial charge in [-0.1, -0.05) is 20.8 Å². The lowest BCUT2D eigenvalue weighted by Gasteiger charge is -2.41. The molecule has 7 heteroatoms. The van der Waals surface area contributed by atoms with Gasteiger partial charge in [-0.2, -0.15) is 0 Å². The van der Waals surface area contributed by atoms with Gasteiger partial charge in [0.2, 0.25) is 11.8 Å². The van der Waals surface area contributed by atoms with Gasteiger partial charge in [0.05, 0.1) is 18.8 Å². The molecule has 0 bridgehead atoms. The lowest BCUT2D eigenvalue weighted by atomic mass is 9.84. The molecule has 3 heterocycles. The fourth-order valence-corrected chi connectivity index (χ4v) is 3.43. The van der Waals surface area contributed by atoms with Crippen molar-refractivity contribution in [3.8, 4) is 0 Å². The first kappa shape index (κ1) is 14.1. The fraction of sp³-hybridized carbons (Fsp3) is 0.500. The number of thiazole rings is 1. The highest BCUT2D eigenvalue weighted by Gasteiger charge is 2.42. The molecule has 0 spiro atoms. The molecule has 1 N–H and O–H groups in total. The largest absolute Gasteiger partial charge is 0.345 e. The van der Waals surface area contributed by atoms with Crippen LogP contribution in [0.2, 0.25) is 0 Å². The van der Waals surface area contributed by atoms with E-state index in [4.69, 9.17) is 0 Å². The molecule has 1 aliphatic heterocycles. The Bertz CT molecular complexity index is 669. The summed E-state index contributed by atoms with van der Waals surface area (Å²) in [7, 11) is 0. The normalized spacial score (nSPS) is 20.1. The summed E-state index contributed by atoms with van der Waals surface area (Å²) >= 11 is 1.55. The first-order chi connectivity index (χ1) is 9.86. The second kappa shape index (κ2) is 4.84. The van der Waals surface area contributed by atoms with Gasteiger partial charge < -0.3 is 10.2 Å². The molecule has 2 amide bonds. The minimum atomic E-state index is -0.474. The predicted octanol–water partition coefficient (Wildman–Crippen LogP) is 1.27. The van der Waals surface area contributed by atoms with Crippen LogP contribution in [0.1, 0.15) is 26.5 Å². The number of carbonyl (C=O) groups excluding carboxylic acids is 2. The SMILES string of the molecule is CC(C)(C)C1C(=O)NCC(=O)N1Cc1cn2ccsc2n1. The highest BCUT2D eigenvalue weighted by molar-refractivity contribution is 7.15. The molecule has 1 atom stereocenters. The number of hydrogen-bond acceptors (Lipinski definition) is 4. The number of aromatic nitrogens is 2. The van der Waals surface area contributed by atoms with Crippen molar-refractivity contribution in [2.75, 3.05) is 6.54 Å². The highest BCUT2D eigenvalue weighted by Crippen LogP contribution is 2.28. The summed E-state index contributed by atoms with van der Waals surface area (Å²) in [6, 6.07) is -0.474. The summed E-state index contributed by atoms with van der Waals surface area (Å²) in [6.07, 6.45) is 3.84. The molecule has 1 unspecified atom stereocenters. The minimum Gasteiger partial charge on any atom is -0.345 e. The highest BCUT2D eigenvalue weighted by atomic mass is 32.1. The van der Waals surface area contributed by atoms with E-state index in [-0.39, 0.29) is 23.8 Å². The lowest BCUT2D eigenvalue weighted by molar-refractivity contribution is -0.150. The zero-order chi connectivity index (χ0) is 15.2. The summed E-state index contributed by atoms with van der Waals surface area (Å²) in [5.41, 5.74) is 0.483. The molecule has 6 nitrogen and oxygen atoms in total. The first-order valence-electron chi connectivity index (χ1n) is 6.84. The van der Waals surface area contributed by atoms with Crippen molar-refractivity contribution in [2.24, 2.45) is 5.41 Å². The van der Waals surface area contributed by atoms with Gasteiger partial charge in [0.25, 0.3) is 0 Å². The molecule has 0 saturated carbocycles. The lowest BCUT2D eigenvalue weighted by Crippen LogP contribution is -2.62. The molecule has 0 aliphatic carbocycles. The molecule has 2 aromatic rings. The Hall–Kier alpha value is -1.89. The average Bonchev–Trinajstić information content (AvgIpc) is 2.92. The Morgan fingerprint density at radius 1 is 1.43 bits per heavy atom. The zero-order valence-electron chi connectivity index (χ0n) is 12.3. The summed E-state index contributed by atoms with van der Waals surface area (Å²) < 4.78 is 1.93. The van der Waals surface area contributed by atoms with Crippen molar-refractivity contribution in [2.45, 2.75) is 33.4 Å². The van der Waals surface area contributed by atoms with Gasteiger partial charge in [-0.05, 0) is 5.41 Å². The van der Waals surface area contributed by atoms with E-state index in [9.17, 15) is 9.59 Å². The standard InChI is InChI=1S/C14H18N4O2S/c1-14(2,3)11-12(20)15-6-10(19)18(11)8-9-7-17-4-5-21-13(17)16-9/h4-5,7,11H,6,8H2,1-3H3,(H,15,20). The minimum absolute atomic E-state index is 0.0631. The van der Waals surface area contributed by atoms with Gasteiger partial charge in [-0.3, -0.25) is 14.0 Å². The van der Waals surface area contributed by atoms with Crippen molar-refractivity contribution in [1.82, 2.24) is 19.6 Å². The molecule has 3 rings (SSSR count). The van der Waals surface area contributed by atoms with E-state index in [2.05, 4.69) is 10.3 Å².